The molecule has 7 heteroatoms. The number of aromatic nitrogens is 3. The first-order chi connectivity index (χ1) is 12.6. The lowest BCUT2D eigenvalue weighted by Gasteiger charge is -2.33. The fourth-order valence-corrected chi connectivity index (χ4v) is 3.26. The smallest absolute Gasteiger partial charge is 0.241 e. The molecule has 3 heterocycles. The van der Waals surface area contributed by atoms with Crippen molar-refractivity contribution in [1.82, 2.24) is 20.1 Å². The SMILES string of the molecule is CC(C)c1nnc(C2COCCN2C(=O)Cc2c[nH]c3ccccc23)o1. The Kier molecular flexibility index (Phi) is 4.46. The number of benzene rings is 1. The van der Waals surface area contributed by atoms with E-state index in [1.54, 1.807) is 4.90 Å². The predicted octanol–water partition coefficient (Wildman–Crippen LogP) is 2.82. The lowest BCUT2D eigenvalue weighted by Crippen LogP contribution is -2.44. The van der Waals surface area contributed by atoms with Crippen molar-refractivity contribution in [3.63, 3.8) is 0 Å². The summed E-state index contributed by atoms with van der Waals surface area (Å²) in [5, 5.41) is 9.30. The second-order valence-electron chi connectivity index (χ2n) is 6.85. The lowest BCUT2D eigenvalue weighted by molar-refractivity contribution is -0.140. The van der Waals surface area contributed by atoms with Gasteiger partial charge in [-0.25, -0.2) is 0 Å². The first-order valence-electron chi connectivity index (χ1n) is 8.89. The minimum absolute atomic E-state index is 0.0346. The highest BCUT2D eigenvalue weighted by Crippen LogP contribution is 2.27. The van der Waals surface area contributed by atoms with Crippen LogP contribution < -0.4 is 0 Å². The molecule has 1 aliphatic rings. The molecule has 1 aromatic carbocycles. The van der Waals surface area contributed by atoms with Gasteiger partial charge in [-0.15, -0.1) is 10.2 Å². The van der Waals surface area contributed by atoms with Crippen LogP contribution >= 0.6 is 0 Å². The predicted molar refractivity (Wildman–Crippen MR) is 95.7 cm³/mol. The molecule has 0 aliphatic carbocycles. The van der Waals surface area contributed by atoms with Crippen molar-refractivity contribution in [2.24, 2.45) is 0 Å². The number of nitrogens with one attached hydrogen (secondary N) is 1. The zero-order valence-corrected chi connectivity index (χ0v) is 14.9. The fraction of sp³-hybridized carbons (Fsp3) is 0.421. The minimum Gasteiger partial charge on any atom is -0.423 e. The minimum atomic E-state index is -0.332. The number of amides is 1. The number of nitrogens with zero attached hydrogens (tertiary/aromatic N) is 3. The van der Waals surface area contributed by atoms with Crippen molar-refractivity contribution in [1.29, 1.82) is 0 Å². The third-order valence-corrected chi connectivity index (χ3v) is 4.70. The van der Waals surface area contributed by atoms with Crippen LogP contribution in [0.5, 0.6) is 0 Å². The van der Waals surface area contributed by atoms with Gasteiger partial charge in [0.25, 0.3) is 0 Å². The maximum atomic E-state index is 13.0. The molecule has 1 saturated heterocycles. The van der Waals surface area contributed by atoms with Crippen LogP contribution in [0.25, 0.3) is 10.9 Å². The van der Waals surface area contributed by atoms with Crippen LogP contribution in [0.4, 0.5) is 0 Å². The zero-order chi connectivity index (χ0) is 18.1. The molecule has 0 bridgehead atoms. The third kappa shape index (κ3) is 3.10. The van der Waals surface area contributed by atoms with Crippen LogP contribution in [0.3, 0.4) is 0 Å². The number of carbonyl (C=O) groups is 1. The molecule has 0 radical (unpaired) electrons. The summed E-state index contributed by atoms with van der Waals surface area (Å²) in [5.74, 6) is 1.21. The topological polar surface area (TPSA) is 84.3 Å². The van der Waals surface area contributed by atoms with Crippen molar-refractivity contribution < 1.29 is 13.9 Å². The largest absolute Gasteiger partial charge is 0.423 e. The first-order valence-corrected chi connectivity index (χ1v) is 8.89. The van der Waals surface area contributed by atoms with E-state index in [0.29, 0.717) is 38.0 Å². The zero-order valence-electron chi connectivity index (χ0n) is 14.9. The van der Waals surface area contributed by atoms with Gasteiger partial charge in [0.15, 0.2) is 0 Å². The van der Waals surface area contributed by atoms with E-state index < -0.39 is 0 Å². The Morgan fingerprint density at radius 2 is 2.19 bits per heavy atom. The molecule has 1 fully saturated rings. The molecule has 0 saturated carbocycles. The van der Waals surface area contributed by atoms with Crippen LogP contribution in [0.2, 0.25) is 0 Å². The maximum absolute atomic E-state index is 13.0. The fourth-order valence-electron chi connectivity index (χ4n) is 3.26. The Bertz CT molecular complexity index is 914. The molecular weight excluding hydrogens is 332 g/mol. The highest BCUT2D eigenvalue weighted by Gasteiger charge is 2.33. The van der Waals surface area contributed by atoms with Crippen molar-refractivity contribution in [2.75, 3.05) is 19.8 Å². The third-order valence-electron chi connectivity index (χ3n) is 4.70. The van der Waals surface area contributed by atoms with Crippen molar-refractivity contribution >= 4 is 16.8 Å². The van der Waals surface area contributed by atoms with Crippen LogP contribution in [0.1, 0.15) is 43.2 Å². The summed E-state index contributed by atoms with van der Waals surface area (Å²) < 4.78 is 11.3. The summed E-state index contributed by atoms with van der Waals surface area (Å²) in [6.45, 7) is 5.40. The van der Waals surface area contributed by atoms with Crippen molar-refractivity contribution in [3.05, 3.63) is 47.8 Å². The molecule has 7 nitrogen and oxygen atoms in total. The molecule has 1 unspecified atom stereocenters. The number of hydrogen-bond donors (Lipinski definition) is 1. The number of morpholine rings is 1. The summed E-state index contributed by atoms with van der Waals surface area (Å²) in [5.41, 5.74) is 2.02. The number of fused-ring (bicyclic) bond motifs is 1. The molecule has 1 amide bonds. The molecule has 2 aromatic heterocycles. The van der Waals surface area contributed by atoms with Gasteiger partial charge in [0.1, 0.15) is 6.04 Å². The van der Waals surface area contributed by atoms with Gasteiger partial charge < -0.3 is 19.0 Å². The molecule has 1 atom stereocenters. The molecule has 26 heavy (non-hydrogen) atoms. The Hall–Kier alpha value is -2.67. The molecule has 1 N–H and O–H groups in total. The number of H-pyrrole nitrogens is 1. The second-order valence-corrected chi connectivity index (χ2v) is 6.85. The summed E-state index contributed by atoms with van der Waals surface area (Å²) in [7, 11) is 0. The number of para-hydroxylation sites is 1. The van der Waals surface area contributed by atoms with E-state index in [4.69, 9.17) is 9.15 Å². The molecule has 3 aromatic rings. The van der Waals surface area contributed by atoms with Gasteiger partial charge in [0, 0.05) is 29.6 Å². The van der Waals surface area contributed by atoms with Crippen LogP contribution in [0.15, 0.2) is 34.9 Å². The van der Waals surface area contributed by atoms with E-state index in [2.05, 4.69) is 15.2 Å². The Morgan fingerprint density at radius 1 is 1.35 bits per heavy atom. The number of hydrogen-bond acceptors (Lipinski definition) is 5. The normalized spacial score (nSPS) is 18.0. The highest BCUT2D eigenvalue weighted by molar-refractivity contribution is 5.89. The van der Waals surface area contributed by atoms with Gasteiger partial charge in [-0.05, 0) is 11.6 Å². The van der Waals surface area contributed by atoms with E-state index in [0.717, 1.165) is 16.5 Å². The molecular formula is C19H22N4O3. The standard InChI is InChI=1S/C19H22N4O3/c1-12(2)18-21-22-19(26-18)16-11-25-8-7-23(16)17(24)9-13-10-20-15-6-4-3-5-14(13)15/h3-6,10,12,16,20H,7-9,11H2,1-2H3. The molecule has 0 spiro atoms. The maximum Gasteiger partial charge on any atom is 0.241 e. The van der Waals surface area contributed by atoms with Gasteiger partial charge >= 0.3 is 0 Å². The number of carbonyl (C=O) groups excluding carboxylic acids is 1. The van der Waals surface area contributed by atoms with E-state index in [1.165, 1.54) is 0 Å². The Balaban J connectivity index is 1.56. The van der Waals surface area contributed by atoms with Crippen molar-refractivity contribution in [2.45, 2.75) is 32.2 Å². The number of rotatable bonds is 4. The molecule has 1 aliphatic heterocycles. The van der Waals surface area contributed by atoms with Gasteiger partial charge in [-0.2, -0.15) is 0 Å². The van der Waals surface area contributed by atoms with Crippen LogP contribution in [-0.2, 0) is 16.0 Å². The highest BCUT2D eigenvalue weighted by atomic mass is 16.5. The van der Waals surface area contributed by atoms with Gasteiger partial charge in [-0.1, -0.05) is 32.0 Å². The quantitative estimate of drug-likeness (QED) is 0.779. The average molecular weight is 354 g/mol. The molecule has 4 rings (SSSR count). The van der Waals surface area contributed by atoms with Crippen LogP contribution in [-0.4, -0.2) is 45.7 Å². The monoisotopic (exact) mass is 354 g/mol. The number of aromatic amines is 1. The van der Waals surface area contributed by atoms with Gasteiger partial charge in [0.2, 0.25) is 17.7 Å². The average Bonchev–Trinajstić information content (AvgIpc) is 3.30. The van der Waals surface area contributed by atoms with Gasteiger partial charge in [-0.3, -0.25) is 4.79 Å². The summed E-state index contributed by atoms with van der Waals surface area (Å²) in [6, 6.07) is 7.66. The second kappa shape index (κ2) is 6.92. The van der Waals surface area contributed by atoms with E-state index >= 15 is 0 Å². The lowest BCUT2D eigenvalue weighted by atomic mass is 10.1. The van der Waals surface area contributed by atoms with Crippen molar-refractivity contribution in [3.8, 4) is 0 Å². The summed E-state index contributed by atoms with van der Waals surface area (Å²) >= 11 is 0. The van der Waals surface area contributed by atoms with Crippen LogP contribution in [0, 0.1) is 0 Å². The van der Waals surface area contributed by atoms with E-state index in [9.17, 15) is 4.79 Å². The van der Waals surface area contributed by atoms with E-state index in [1.807, 2.05) is 44.3 Å². The summed E-state index contributed by atoms with van der Waals surface area (Å²) in [6.07, 6.45) is 2.23. The van der Waals surface area contributed by atoms with Gasteiger partial charge in [0.05, 0.1) is 19.6 Å². The molecule has 136 valence electrons. The Labute approximate surface area is 151 Å². The summed E-state index contributed by atoms with van der Waals surface area (Å²) in [4.78, 5) is 18.0. The Morgan fingerprint density at radius 3 is 3.00 bits per heavy atom. The number of ether oxygens (including phenoxy) is 1. The first kappa shape index (κ1) is 16.8. The van der Waals surface area contributed by atoms with E-state index in [-0.39, 0.29) is 17.9 Å².